The molecule has 7 nitrogen and oxygen atoms in total. The van der Waals surface area contributed by atoms with Crippen LogP contribution in [0.1, 0.15) is 35.3 Å². The van der Waals surface area contributed by atoms with Gasteiger partial charge in [-0.1, -0.05) is 12.1 Å². The SMILES string of the molecule is CC(NC(=O)CCNC(=O)c1ccsc1)c1ccc(S(=O)(=O)N(C)C)cc1. The molecular weight excluding hydrogens is 386 g/mol. The average molecular weight is 410 g/mol. The number of nitrogens with zero attached hydrogens (tertiary/aromatic N) is 1. The Balaban J connectivity index is 1.84. The van der Waals surface area contributed by atoms with Crippen LogP contribution >= 0.6 is 11.3 Å². The van der Waals surface area contributed by atoms with Crippen LogP contribution in [0, 0.1) is 0 Å². The predicted molar refractivity (Wildman–Crippen MR) is 105 cm³/mol. The molecule has 1 aromatic carbocycles. The first-order valence-corrected chi connectivity index (χ1v) is 10.7. The molecule has 2 amide bonds. The molecule has 9 heteroatoms. The summed E-state index contributed by atoms with van der Waals surface area (Å²) in [6.07, 6.45) is 0.160. The third kappa shape index (κ3) is 5.62. The minimum Gasteiger partial charge on any atom is -0.351 e. The van der Waals surface area contributed by atoms with Crippen molar-refractivity contribution >= 4 is 33.2 Å². The van der Waals surface area contributed by atoms with Gasteiger partial charge in [-0.3, -0.25) is 9.59 Å². The summed E-state index contributed by atoms with van der Waals surface area (Å²) in [6.45, 7) is 2.06. The number of nitrogens with one attached hydrogen (secondary N) is 2. The lowest BCUT2D eigenvalue weighted by molar-refractivity contribution is -0.121. The average Bonchev–Trinajstić information content (AvgIpc) is 3.16. The van der Waals surface area contributed by atoms with Gasteiger partial charge >= 0.3 is 0 Å². The van der Waals surface area contributed by atoms with Crippen LogP contribution in [0.3, 0.4) is 0 Å². The molecular formula is C18H23N3O4S2. The maximum Gasteiger partial charge on any atom is 0.252 e. The van der Waals surface area contributed by atoms with Crippen LogP contribution in [-0.2, 0) is 14.8 Å². The molecule has 2 N–H and O–H groups in total. The zero-order valence-corrected chi connectivity index (χ0v) is 17.1. The van der Waals surface area contributed by atoms with Gasteiger partial charge in [0.2, 0.25) is 15.9 Å². The van der Waals surface area contributed by atoms with Gasteiger partial charge in [-0.15, -0.1) is 0 Å². The van der Waals surface area contributed by atoms with Crippen molar-refractivity contribution in [1.29, 1.82) is 0 Å². The van der Waals surface area contributed by atoms with Crippen LogP contribution in [0.5, 0.6) is 0 Å². The number of hydrogen-bond acceptors (Lipinski definition) is 5. The van der Waals surface area contributed by atoms with E-state index in [2.05, 4.69) is 10.6 Å². The van der Waals surface area contributed by atoms with Gasteiger partial charge in [-0.25, -0.2) is 12.7 Å². The largest absolute Gasteiger partial charge is 0.351 e. The fourth-order valence-corrected chi connectivity index (χ4v) is 3.86. The van der Waals surface area contributed by atoms with Crippen LogP contribution in [0.15, 0.2) is 46.0 Å². The molecule has 1 heterocycles. The van der Waals surface area contributed by atoms with Crippen molar-refractivity contribution in [3.63, 3.8) is 0 Å². The van der Waals surface area contributed by atoms with Gasteiger partial charge in [-0.2, -0.15) is 11.3 Å². The number of thiophene rings is 1. The Morgan fingerprint density at radius 2 is 1.81 bits per heavy atom. The van der Waals surface area contributed by atoms with Crippen LogP contribution in [-0.4, -0.2) is 45.2 Å². The molecule has 0 aliphatic rings. The highest BCUT2D eigenvalue weighted by molar-refractivity contribution is 7.89. The van der Waals surface area contributed by atoms with Gasteiger partial charge in [0.15, 0.2) is 0 Å². The van der Waals surface area contributed by atoms with Crippen molar-refractivity contribution in [2.45, 2.75) is 24.3 Å². The molecule has 1 atom stereocenters. The fraction of sp³-hybridized carbons (Fsp3) is 0.333. The summed E-state index contributed by atoms with van der Waals surface area (Å²) in [5, 5.41) is 9.10. The standard InChI is InChI=1S/C18H23N3O4S2/c1-13(14-4-6-16(7-5-14)27(24,25)21(2)3)20-17(22)8-10-19-18(23)15-9-11-26-12-15/h4-7,9,11-13H,8,10H2,1-3H3,(H,19,23)(H,20,22). The predicted octanol–water partition coefficient (Wildman–Crippen LogP) is 2.00. The van der Waals surface area contributed by atoms with Gasteiger partial charge in [-0.05, 0) is 36.1 Å². The zero-order valence-electron chi connectivity index (χ0n) is 15.4. The van der Waals surface area contributed by atoms with Crippen LogP contribution in [0.2, 0.25) is 0 Å². The molecule has 2 aromatic rings. The first kappa shape index (κ1) is 21.1. The molecule has 2 rings (SSSR count). The van der Waals surface area contributed by atoms with E-state index in [0.717, 1.165) is 9.87 Å². The van der Waals surface area contributed by atoms with Crippen molar-refractivity contribution in [3.8, 4) is 0 Å². The molecule has 0 bridgehead atoms. The van der Waals surface area contributed by atoms with E-state index in [9.17, 15) is 18.0 Å². The molecule has 0 aliphatic carbocycles. The number of sulfonamides is 1. The van der Waals surface area contributed by atoms with Crippen molar-refractivity contribution < 1.29 is 18.0 Å². The number of carbonyl (C=O) groups excluding carboxylic acids is 2. The maximum atomic E-state index is 12.1. The lowest BCUT2D eigenvalue weighted by Gasteiger charge is -2.16. The Morgan fingerprint density at radius 3 is 2.37 bits per heavy atom. The van der Waals surface area contributed by atoms with Gasteiger partial charge in [0.1, 0.15) is 0 Å². The number of hydrogen-bond donors (Lipinski definition) is 2. The van der Waals surface area contributed by atoms with E-state index in [4.69, 9.17) is 0 Å². The molecule has 0 aliphatic heterocycles. The van der Waals surface area contributed by atoms with E-state index in [1.807, 2.05) is 12.3 Å². The monoisotopic (exact) mass is 409 g/mol. The quantitative estimate of drug-likeness (QED) is 0.697. The van der Waals surface area contributed by atoms with Gasteiger partial charge in [0.05, 0.1) is 10.9 Å². The second-order valence-electron chi connectivity index (χ2n) is 6.16. The Labute approximate surface area is 163 Å². The van der Waals surface area contributed by atoms with Crippen molar-refractivity contribution in [1.82, 2.24) is 14.9 Å². The summed E-state index contributed by atoms with van der Waals surface area (Å²) < 4.78 is 25.3. The topological polar surface area (TPSA) is 95.6 Å². The molecule has 1 aromatic heterocycles. The Bertz CT molecular complexity index is 876. The van der Waals surface area contributed by atoms with Crippen molar-refractivity contribution in [2.75, 3.05) is 20.6 Å². The summed E-state index contributed by atoms with van der Waals surface area (Å²) >= 11 is 1.44. The highest BCUT2D eigenvalue weighted by Crippen LogP contribution is 2.18. The molecule has 0 fully saturated rings. The molecule has 1 unspecified atom stereocenters. The minimum absolute atomic E-state index is 0.160. The highest BCUT2D eigenvalue weighted by Gasteiger charge is 2.17. The Hall–Kier alpha value is -2.23. The van der Waals surface area contributed by atoms with Gasteiger partial charge in [0, 0.05) is 38.0 Å². The van der Waals surface area contributed by atoms with E-state index in [-0.39, 0.29) is 35.7 Å². The fourth-order valence-electron chi connectivity index (χ4n) is 2.32. The third-order valence-corrected chi connectivity index (χ3v) is 6.47. The van der Waals surface area contributed by atoms with E-state index in [1.165, 1.54) is 37.6 Å². The Morgan fingerprint density at radius 1 is 1.15 bits per heavy atom. The molecule has 146 valence electrons. The number of benzene rings is 1. The van der Waals surface area contributed by atoms with E-state index in [0.29, 0.717) is 5.56 Å². The van der Waals surface area contributed by atoms with Crippen LogP contribution in [0.4, 0.5) is 0 Å². The molecule has 0 saturated carbocycles. The van der Waals surface area contributed by atoms with Gasteiger partial charge < -0.3 is 10.6 Å². The minimum atomic E-state index is -3.47. The number of amides is 2. The van der Waals surface area contributed by atoms with E-state index in [1.54, 1.807) is 23.6 Å². The zero-order chi connectivity index (χ0) is 20.0. The summed E-state index contributed by atoms with van der Waals surface area (Å²) in [6, 6.07) is 7.85. The third-order valence-electron chi connectivity index (χ3n) is 3.96. The lowest BCUT2D eigenvalue weighted by Crippen LogP contribution is -2.32. The summed E-state index contributed by atoms with van der Waals surface area (Å²) in [4.78, 5) is 24.1. The molecule has 0 radical (unpaired) electrons. The highest BCUT2D eigenvalue weighted by atomic mass is 32.2. The summed E-state index contributed by atoms with van der Waals surface area (Å²) in [5.74, 6) is -0.395. The lowest BCUT2D eigenvalue weighted by atomic mass is 10.1. The van der Waals surface area contributed by atoms with E-state index >= 15 is 0 Å². The van der Waals surface area contributed by atoms with Crippen LogP contribution < -0.4 is 10.6 Å². The summed E-state index contributed by atoms with van der Waals surface area (Å²) in [5.41, 5.74) is 1.38. The Kier molecular flexibility index (Phi) is 7.11. The second kappa shape index (κ2) is 9.12. The van der Waals surface area contributed by atoms with Crippen molar-refractivity contribution in [3.05, 3.63) is 52.2 Å². The number of carbonyl (C=O) groups is 2. The molecule has 0 spiro atoms. The first-order valence-electron chi connectivity index (χ1n) is 8.34. The molecule has 27 heavy (non-hydrogen) atoms. The second-order valence-corrected chi connectivity index (χ2v) is 9.10. The van der Waals surface area contributed by atoms with E-state index < -0.39 is 10.0 Å². The normalized spacial score (nSPS) is 12.6. The van der Waals surface area contributed by atoms with Crippen molar-refractivity contribution in [2.24, 2.45) is 0 Å². The van der Waals surface area contributed by atoms with Gasteiger partial charge in [0.25, 0.3) is 5.91 Å². The first-order chi connectivity index (χ1) is 12.7. The number of rotatable bonds is 8. The maximum absolute atomic E-state index is 12.1. The molecule has 0 saturated heterocycles. The summed E-state index contributed by atoms with van der Waals surface area (Å²) in [7, 11) is -0.524. The smallest absolute Gasteiger partial charge is 0.252 e. The van der Waals surface area contributed by atoms with Crippen LogP contribution in [0.25, 0.3) is 0 Å².